The highest BCUT2D eigenvalue weighted by Gasteiger charge is 2.14. The first kappa shape index (κ1) is 12.5. The van der Waals surface area contributed by atoms with E-state index in [0.29, 0.717) is 5.75 Å². The highest BCUT2D eigenvalue weighted by Crippen LogP contribution is 2.26. The Morgan fingerprint density at radius 2 is 2.05 bits per heavy atom. The zero-order valence-electron chi connectivity index (χ0n) is 11.4. The summed E-state index contributed by atoms with van der Waals surface area (Å²) in [6.07, 6.45) is 2.23. The molecular formula is C15H21N3O. The lowest BCUT2D eigenvalue weighted by atomic mass is 10.1. The number of piperazine rings is 1. The molecule has 0 spiro atoms. The third kappa shape index (κ3) is 2.46. The number of phenolic OH excluding ortho intramolecular Hbond substituents is 1. The molecule has 102 valence electrons. The molecule has 0 atom stereocenters. The van der Waals surface area contributed by atoms with Gasteiger partial charge in [-0.2, -0.15) is 0 Å². The normalized spacial score (nSPS) is 17.1. The van der Waals surface area contributed by atoms with Gasteiger partial charge in [-0.15, -0.1) is 0 Å². The third-order valence-electron chi connectivity index (χ3n) is 3.89. The molecule has 1 aromatic heterocycles. The minimum Gasteiger partial charge on any atom is -0.508 e. The number of rotatable bonds is 3. The van der Waals surface area contributed by atoms with Crippen molar-refractivity contribution < 1.29 is 5.11 Å². The monoisotopic (exact) mass is 259 g/mol. The highest BCUT2D eigenvalue weighted by atomic mass is 16.3. The summed E-state index contributed by atoms with van der Waals surface area (Å²) in [5.74, 6) is 0.350. The van der Waals surface area contributed by atoms with Crippen LogP contribution in [0.3, 0.4) is 0 Å². The van der Waals surface area contributed by atoms with Crippen LogP contribution in [0.15, 0.2) is 24.4 Å². The largest absolute Gasteiger partial charge is 0.508 e. The molecule has 1 aromatic carbocycles. The van der Waals surface area contributed by atoms with Crippen LogP contribution in [-0.4, -0.2) is 40.8 Å². The summed E-state index contributed by atoms with van der Waals surface area (Å²) in [6, 6.07) is 5.66. The number of nitrogens with zero attached hydrogens (tertiary/aromatic N) is 2. The first-order chi connectivity index (χ1) is 9.28. The van der Waals surface area contributed by atoms with Crippen LogP contribution in [0.1, 0.15) is 12.5 Å². The fourth-order valence-electron chi connectivity index (χ4n) is 2.86. The number of hydrogen-bond donors (Lipinski definition) is 2. The number of nitrogens with one attached hydrogen (secondary N) is 1. The Balaban J connectivity index is 1.95. The van der Waals surface area contributed by atoms with E-state index < -0.39 is 0 Å². The van der Waals surface area contributed by atoms with Crippen LogP contribution in [0.5, 0.6) is 5.75 Å². The molecule has 19 heavy (non-hydrogen) atoms. The van der Waals surface area contributed by atoms with E-state index >= 15 is 0 Å². The topological polar surface area (TPSA) is 40.4 Å². The molecule has 1 saturated heterocycles. The van der Waals surface area contributed by atoms with Crippen LogP contribution in [0.4, 0.5) is 0 Å². The SMILES string of the molecule is CCn1cc(CN2CCNCC2)c2cc(O)ccc21. The zero-order valence-corrected chi connectivity index (χ0v) is 11.4. The molecule has 4 heteroatoms. The van der Waals surface area contributed by atoms with Crippen LogP contribution in [-0.2, 0) is 13.1 Å². The van der Waals surface area contributed by atoms with Crippen molar-refractivity contribution in [1.29, 1.82) is 0 Å². The molecule has 3 rings (SSSR count). The van der Waals surface area contributed by atoms with E-state index in [1.54, 1.807) is 6.07 Å². The number of aromatic hydroxyl groups is 1. The van der Waals surface area contributed by atoms with E-state index in [2.05, 4.69) is 27.9 Å². The Bertz CT molecular complexity index is 570. The van der Waals surface area contributed by atoms with Gasteiger partial charge in [-0.25, -0.2) is 0 Å². The molecule has 0 saturated carbocycles. The maximum absolute atomic E-state index is 9.71. The van der Waals surface area contributed by atoms with Gasteiger partial charge in [-0.3, -0.25) is 4.90 Å². The van der Waals surface area contributed by atoms with Crippen LogP contribution in [0.25, 0.3) is 10.9 Å². The van der Waals surface area contributed by atoms with Gasteiger partial charge in [0.05, 0.1) is 0 Å². The fraction of sp³-hybridized carbons (Fsp3) is 0.467. The fourth-order valence-corrected chi connectivity index (χ4v) is 2.86. The molecule has 2 heterocycles. The van der Waals surface area contributed by atoms with Gasteiger partial charge in [0.15, 0.2) is 0 Å². The van der Waals surface area contributed by atoms with Gasteiger partial charge in [-0.1, -0.05) is 0 Å². The summed E-state index contributed by atoms with van der Waals surface area (Å²) in [4.78, 5) is 2.47. The average Bonchev–Trinajstić information content (AvgIpc) is 2.77. The molecule has 0 unspecified atom stereocenters. The van der Waals surface area contributed by atoms with Crippen molar-refractivity contribution >= 4 is 10.9 Å². The van der Waals surface area contributed by atoms with Gasteiger partial charge in [0, 0.05) is 56.4 Å². The van der Waals surface area contributed by atoms with E-state index in [-0.39, 0.29) is 0 Å². The average molecular weight is 259 g/mol. The van der Waals surface area contributed by atoms with Crippen LogP contribution < -0.4 is 5.32 Å². The smallest absolute Gasteiger partial charge is 0.116 e. The van der Waals surface area contributed by atoms with Crippen LogP contribution >= 0.6 is 0 Å². The lowest BCUT2D eigenvalue weighted by molar-refractivity contribution is 0.234. The molecule has 0 amide bonds. The first-order valence-corrected chi connectivity index (χ1v) is 7.01. The Labute approximate surface area is 113 Å². The molecule has 2 aromatic rings. The maximum atomic E-state index is 9.71. The molecule has 2 N–H and O–H groups in total. The Kier molecular flexibility index (Phi) is 3.44. The van der Waals surface area contributed by atoms with Gasteiger partial charge in [0.25, 0.3) is 0 Å². The highest BCUT2D eigenvalue weighted by molar-refractivity contribution is 5.85. The zero-order chi connectivity index (χ0) is 13.2. The first-order valence-electron chi connectivity index (χ1n) is 7.01. The summed E-state index contributed by atoms with van der Waals surface area (Å²) in [5.41, 5.74) is 2.53. The molecule has 4 nitrogen and oxygen atoms in total. The molecule has 1 aliphatic rings. The summed E-state index contributed by atoms with van der Waals surface area (Å²) < 4.78 is 2.26. The number of benzene rings is 1. The molecule has 1 aliphatic heterocycles. The predicted molar refractivity (Wildman–Crippen MR) is 77.4 cm³/mol. The van der Waals surface area contributed by atoms with Crippen molar-refractivity contribution in [2.45, 2.75) is 20.0 Å². The minimum atomic E-state index is 0.350. The lowest BCUT2D eigenvalue weighted by Gasteiger charge is -2.26. The summed E-state index contributed by atoms with van der Waals surface area (Å²) >= 11 is 0. The molecular weight excluding hydrogens is 238 g/mol. The van der Waals surface area contributed by atoms with Crippen molar-refractivity contribution in [3.63, 3.8) is 0 Å². The third-order valence-corrected chi connectivity index (χ3v) is 3.89. The predicted octanol–water partition coefficient (Wildman–Crippen LogP) is 1.77. The summed E-state index contributed by atoms with van der Waals surface area (Å²) in [6.45, 7) is 8.41. The molecule has 0 radical (unpaired) electrons. The summed E-state index contributed by atoms with van der Waals surface area (Å²) in [7, 11) is 0. The Morgan fingerprint density at radius 1 is 1.26 bits per heavy atom. The van der Waals surface area contributed by atoms with Gasteiger partial charge >= 0.3 is 0 Å². The second-order valence-corrected chi connectivity index (χ2v) is 5.17. The minimum absolute atomic E-state index is 0.350. The van der Waals surface area contributed by atoms with E-state index in [1.165, 1.54) is 16.5 Å². The van der Waals surface area contributed by atoms with Crippen molar-refractivity contribution in [2.75, 3.05) is 26.2 Å². The Morgan fingerprint density at radius 3 is 2.79 bits per heavy atom. The molecule has 1 fully saturated rings. The Hall–Kier alpha value is -1.52. The van der Waals surface area contributed by atoms with E-state index in [4.69, 9.17) is 0 Å². The second-order valence-electron chi connectivity index (χ2n) is 5.17. The molecule has 0 bridgehead atoms. The van der Waals surface area contributed by atoms with E-state index in [1.807, 2.05) is 12.1 Å². The van der Waals surface area contributed by atoms with Crippen molar-refractivity contribution in [3.05, 3.63) is 30.0 Å². The van der Waals surface area contributed by atoms with Crippen LogP contribution in [0.2, 0.25) is 0 Å². The van der Waals surface area contributed by atoms with E-state index in [0.717, 1.165) is 39.3 Å². The lowest BCUT2D eigenvalue weighted by Crippen LogP contribution is -2.42. The van der Waals surface area contributed by atoms with Gasteiger partial charge < -0.3 is 15.0 Å². The number of fused-ring (bicyclic) bond motifs is 1. The van der Waals surface area contributed by atoms with Gasteiger partial charge in [0.1, 0.15) is 5.75 Å². The molecule has 0 aliphatic carbocycles. The van der Waals surface area contributed by atoms with Crippen LogP contribution in [0, 0.1) is 0 Å². The van der Waals surface area contributed by atoms with Crippen molar-refractivity contribution in [1.82, 2.24) is 14.8 Å². The standard InChI is InChI=1S/C15H21N3O/c1-2-18-11-12(10-17-7-5-16-6-8-17)14-9-13(19)3-4-15(14)18/h3-4,9,11,16,19H,2,5-8,10H2,1H3. The number of aromatic nitrogens is 1. The van der Waals surface area contributed by atoms with Crippen molar-refractivity contribution in [2.24, 2.45) is 0 Å². The summed E-state index contributed by atoms with van der Waals surface area (Å²) in [5, 5.41) is 14.3. The van der Waals surface area contributed by atoms with Gasteiger partial charge in [-0.05, 0) is 30.7 Å². The maximum Gasteiger partial charge on any atom is 0.116 e. The van der Waals surface area contributed by atoms with Gasteiger partial charge in [0.2, 0.25) is 0 Å². The second kappa shape index (κ2) is 5.23. The van der Waals surface area contributed by atoms with E-state index in [9.17, 15) is 5.11 Å². The number of hydrogen-bond acceptors (Lipinski definition) is 3. The quantitative estimate of drug-likeness (QED) is 0.882. The number of phenols is 1. The number of aryl methyl sites for hydroxylation is 1. The van der Waals surface area contributed by atoms with Crippen molar-refractivity contribution in [3.8, 4) is 5.75 Å².